The number of nitrogens with one attached hydrogen (secondary N) is 2. The van der Waals surface area contributed by atoms with Crippen molar-refractivity contribution in [3.05, 3.63) is 21.6 Å². The van der Waals surface area contributed by atoms with Crippen molar-refractivity contribution in [3.8, 4) is 0 Å². The summed E-state index contributed by atoms with van der Waals surface area (Å²) in [5, 5.41) is 9.28. The Morgan fingerprint density at radius 3 is 2.74 bits per heavy atom. The second-order valence-corrected chi connectivity index (χ2v) is 7.10. The van der Waals surface area contributed by atoms with Crippen molar-refractivity contribution in [3.63, 3.8) is 0 Å². The Morgan fingerprint density at radius 1 is 1.48 bits per heavy atom. The summed E-state index contributed by atoms with van der Waals surface area (Å²) in [6.45, 7) is 7.61. The molecule has 1 aromatic heterocycles. The number of rotatable bonds is 3. The molecule has 0 unspecified atom stereocenters. The molecule has 128 valence electrons. The number of likely N-dealkylation sites (tertiary alicyclic amines) is 1. The van der Waals surface area contributed by atoms with E-state index in [0.29, 0.717) is 31.2 Å². The van der Waals surface area contributed by atoms with E-state index < -0.39 is 11.2 Å². The van der Waals surface area contributed by atoms with Gasteiger partial charge in [0.05, 0.1) is 11.9 Å². The second-order valence-electron chi connectivity index (χ2n) is 6.72. The van der Waals surface area contributed by atoms with Gasteiger partial charge in [-0.3, -0.25) is 4.79 Å². The number of carbonyl (C=O) groups is 1. The Labute approximate surface area is 140 Å². The fourth-order valence-electron chi connectivity index (χ4n) is 2.41. The first-order valence-corrected chi connectivity index (χ1v) is 8.09. The lowest BCUT2D eigenvalue weighted by Crippen LogP contribution is -2.42. The van der Waals surface area contributed by atoms with Crippen molar-refractivity contribution >= 4 is 23.4 Å². The van der Waals surface area contributed by atoms with Crippen LogP contribution in [0.5, 0.6) is 0 Å². The largest absolute Gasteiger partial charge is 0.444 e. The Kier molecular flexibility index (Phi) is 5.51. The van der Waals surface area contributed by atoms with E-state index in [1.54, 1.807) is 4.90 Å². The summed E-state index contributed by atoms with van der Waals surface area (Å²) in [5.74, 6) is 0.407. The van der Waals surface area contributed by atoms with Gasteiger partial charge in [-0.2, -0.15) is 5.10 Å². The summed E-state index contributed by atoms with van der Waals surface area (Å²) in [6, 6.07) is 0. The summed E-state index contributed by atoms with van der Waals surface area (Å²) < 4.78 is 5.38. The maximum absolute atomic E-state index is 12.0. The van der Waals surface area contributed by atoms with Crippen molar-refractivity contribution in [1.29, 1.82) is 0 Å². The summed E-state index contributed by atoms with van der Waals surface area (Å²) >= 11 is 5.92. The van der Waals surface area contributed by atoms with E-state index in [2.05, 4.69) is 15.5 Å². The van der Waals surface area contributed by atoms with Crippen LogP contribution in [0.15, 0.2) is 11.0 Å². The SMILES string of the molecule is CC(C)(C)OC(=O)N1CCC(CNc2cn[nH]c(=O)c2Cl)CC1. The lowest BCUT2D eigenvalue weighted by molar-refractivity contribution is 0.0188. The molecule has 0 radical (unpaired) electrons. The Balaban J connectivity index is 1.80. The lowest BCUT2D eigenvalue weighted by atomic mass is 9.97. The maximum Gasteiger partial charge on any atom is 0.410 e. The van der Waals surface area contributed by atoms with Crippen LogP contribution in [0.4, 0.5) is 10.5 Å². The van der Waals surface area contributed by atoms with Crippen LogP contribution in [0, 0.1) is 5.92 Å². The van der Waals surface area contributed by atoms with Crippen LogP contribution in [-0.4, -0.2) is 46.4 Å². The van der Waals surface area contributed by atoms with Crippen LogP contribution in [0.1, 0.15) is 33.6 Å². The minimum atomic E-state index is -0.473. The highest BCUT2D eigenvalue weighted by Crippen LogP contribution is 2.21. The van der Waals surface area contributed by atoms with Gasteiger partial charge >= 0.3 is 6.09 Å². The zero-order valence-corrected chi connectivity index (χ0v) is 14.4. The molecular weight excluding hydrogens is 320 g/mol. The van der Waals surface area contributed by atoms with Crippen molar-refractivity contribution in [2.75, 3.05) is 25.0 Å². The fraction of sp³-hybridized carbons (Fsp3) is 0.667. The molecule has 1 aromatic rings. The van der Waals surface area contributed by atoms with Gasteiger partial charge in [-0.1, -0.05) is 11.6 Å². The monoisotopic (exact) mass is 342 g/mol. The predicted molar refractivity (Wildman–Crippen MR) is 88.9 cm³/mol. The van der Waals surface area contributed by atoms with Gasteiger partial charge in [0.2, 0.25) is 0 Å². The minimum absolute atomic E-state index is 0.117. The van der Waals surface area contributed by atoms with Gasteiger partial charge in [0.15, 0.2) is 0 Å². The number of halogens is 1. The number of hydrogen-bond acceptors (Lipinski definition) is 5. The van der Waals surface area contributed by atoms with Crippen LogP contribution in [0.2, 0.25) is 5.02 Å². The molecule has 1 amide bonds. The van der Waals surface area contributed by atoms with Gasteiger partial charge in [0.1, 0.15) is 10.6 Å². The molecule has 23 heavy (non-hydrogen) atoms. The zero-order valence-electron chi connectivity index (χ0n) is 13.7. The Morgan fingerprint density at radius 2 is 2.13 bits per heavy atom. The van der Waals surface area contributed by atoms with Gasteiger partial charge in [-0.25, -0.2) is 9.89 Å². The Hall–Kier alpha value is -1.76. The number of nitrogens with zero attached hydrogens (tertiary/aromatic N) is 2. The molecule has 0 saturated carbocycles. The maximum atomic E-state index is 12.0. The van der Waals surface area contributed by atoms with Gasteiger partial charge in [-0.05, 0) is 39.5 Å². The molecule has 1 aliphatic heterocycles. The van der Waals surface area contributed by atoms with E-state index in [9.17, 15) is 9.59 Å². The van der Waals surface area contributed by atoms with Crippen LogP contribution in [0.3, 0.4) is 0 Å². The smallest absolute Gasteiger partial charge is 0.410 e. The summed E-state index contributed by atoms with van der Waals surface area (Å²) in [6.07, 6.45) is 2.99. The first kappa shape index (κ1) is 17.6. The third kappa shape index (κ3) is 5.13. The van der Waals surface area contributed by atoms with E-state index in [-0.39, 0.29) is 11.1 Å². The van der Waals surface area contributed by atoms with Gasteiger partial charge in [0, 0.05) is 19.6 Å². The molecule has 0 aliphatic carbocycles. The molecule has 1 saturated heterocycles. The van der Waals surface area contributed by atoms with Crippen LogP contribution < -0.4 is 10.9 Å². The lowest BCUT2D eigenvalue weighted by Gasteiger charge is -2.33. The zero-order chi connectivity index (χ0) is 17.0. The highest BCUT2D eigenvalue weighted by atomic mass is 35.5. The van der Waals surface area contributed by atoms with E-state index in [4.69, 9.17) is 16.3 Å². The van der Waals surface area contributed by atoms with Crippen LogP contribution >= 0.6 is 11.6 Å². The van der Waals surface area contributed by atoms with E-state index >= 15 is 0 Å². The molecule has 0 aromatic carbocycles. The predicted octanol–water partition coefficient (Wildman–Crippen LogP) is 2.48. The third-order valence-corrected chi connectivity index (χ3v) is 4.02. The summed E-state index contributed by atoms with van der Waals surface area (Å²) in [7, 11) is 0. The number of hydrogen-bond donors (Lipinski definition) is 2. The van der Waals surface area contributed by atoms with Crippen molar-refractivity contribution < 1.29 is 9.53 Å². The summed E-state index contributed by atoms with van der Waals surface area (Å²) in [5.41, 5.74) is -0.346. The van der Waals surface area contributed by atoms with Gasteiger partial charge in [-0.15, -0.1) is 0 Å². The van der Waals surface area contributed by atoms with Crippen molar-refractivity contribution in [2.45, 2.75) is 39.2 Å². The van der Waals surface area contributed by atoms with Crippen LogP contribution in [-0.2, 0) is 4.74 Å². The quantitative estimate of drug-likeness (QED) is 0.881. The first-order chi connectivity index (χ1) is 10.8. The number of anilines is 1. The molecular formula is C15H23ClN4O3. The summed E-state index contributed by atoms with van der Waals surface area (Å²) in [4.78, 5) is 25.1. The molecule has 1 aliphatic rings. The number of piperidine rings is 1. The minimum Gasteiger partial charge on any atom is -0.444 e. The number of carbonyl (C=O) groups excluding carboxylic acids is 1. The number of aromatic amines is 1. The highest BCUT2D eigenvalue weighted by Gasteiger charge is 2.26. The van der Waals surface area contributed by atoms with Crippen molar-refractivity contribution in [2.24, 2.45) is 5.92 Å². The van der Waals surface area contributed by atoms with Crippen molar-refractivity contribution in [1.82, 2.24) is 15.1 Å². The van der Waals surface area contributed by atoms with E-state index in [1.807, 2.05) is 20.8 Å². The molecule has 2 N–H and O–H groups in total. The molecule has 0 atom stereocenters. The number of H-pyrrole nitrogens is 1. The topological polar surface area (TPSA) is 87.3 Å². The Bertz CT molecular complexity index is 603. The third-order valence-electron chi connectivity index (χ3n) is 3.64. The molecule has 2 heterocycles. The average molecular weight is 343 g/mol. The molecule has 8 heteroatoms. The number of amides is 1. The standard InChI is InChI=1S/C15H23ClN4O3/c1-15(2,3)23-14(22)20-6-4-10(5-7-20)8-17-11-9-18-19-13(21)12(11)16/h9-10H,4-8H2,1-3H3,(H2,17,19,21). The average Bonchev–Trinajstić information content (AvgIpc) is 2.47. The molecule has 0 bridgehead atoms. The normalized spacial score (nSPS) is 16.3. The molecule has 0 spiro atoms. The number of aromatic nitrogens is 2. The highest BCUT2D eigenvalue weighted by molar-refractivity contribution is 6.32. The molecule has 7 nitrogen and oxygen atoms in total. The van der Waals surface area contributed by atoms with E-state index in [1.165, 1.54) is 6.20 Å². The molecule has 1 fully saturated rings. The first-order valence-electron chi connectivity index (χ1n) is 7.71. The molecule has 2 rings (SSSR count). The van der Waals surface area contributed by atoms with E-state index in [0.717, 1.165) is 12.8 Å². The fourth-order valence-corrected chi connectivity index (χ4v) is 2.57. The van der Waals surface area contributed by atoms with Crippen LogP contribution in [0.25, 0.3) is 0 Å². The van der Waals surface area contributed by atoms with Gasteiger partial charge in [0.25, 0.3) is 5.56 Å². The van der Waals surface area contributed by atoms with Gasteiger partial charge < -0.3 is 15.0 Å². The second kappa shape index (κ2) is 7.21. The number of ether oxygens (including phenoxy) is 1.